The van der Waals surface area contributed by atoms with Gasteiger partial charge in [0.1, 0.15) is 11.4 Å². The van der Waals surface area contributed by atoms with Crippen molar-refractivity contribution in [2.75, 3.05) is 0 Å². The largest absolute Gasteiger partial charge is 0.305 e. The number of hydrogen-bond donors (Lipinski definition) is 0. The van der Waals surface area contributed by atoms with Crippen LogP contribution in [0.15, 0.2) is 0 Å². The third-order valence-corrected chi connectivity index (χ3v) is 0.243. The molecule has 0 heterocycles. The van der Waals surface area contributed by atoms with Crippen LogP contribution in [0.5, 0.6) is 0 Å². The quantitative estimate of drug-likeness (QED) is 0.278. The second-order valence-corrected chi connectivity index (χ2v) is 0.729. The maximum atomic E-state index is 9.45. The van der Waals surface area contributed by atoms with Crippen molar-refractivity contribution < 1.29 is 9.59 Å². The van der Waals surface area contributed by atoms with Crippen molar-refractivity contribution in [3.8, 4) is 0 Å². The monoisotopic (exact) mass is 78.0 g/mol. The minimum Gasteiger partial charge on any atom is -0.305 e. The Morgan fingerprint density at radius 2 is 1.17 bits per heavy atom. The van der Waals surface area contributed by atoms with E-state index in [4.69, 9.17) is 0 Å². The van der Waals surface area contributed by atoms with Crippen LogP contribution in [-0.2, 0) is 9.59 Å². The van der Waals surface area contributed by atoms with Crippen LogP contribution in [-0.4, -0.2) is 27.1 Å². The zero-order valence-corrected chi connectivity index (χ0v) is 2.97. The Balaban J connectivity index is 3.57. The number of hydrogen-bond acceptors (Lipinski definition) is 2. The van der Waals surface area contributed by atoms with Crippen molar-refractivity contribution in [1.29, 1.82) is 0 Å². The summed E-state index contributed by atoms with van der Waals surface area (Å²) in [7, 11) is 8.64. The molecule has 4 radical (unpaired) electrons. The van der Waals surface area contributed by atoms with E-state index < -0.39 is 11.4 Å². The molecule has 0 saturated carbocycles. The summed E-state index contributed by atoms with van der Waals surface area (Å²) >= 11 is 0. The van der Waals surface area contributed by atoms with Crippen LogP contribution in [0, 0.1) is 0 Å². The molecule has 0 aliphatic rings. The van der Waals surface area contributed by atoms with Gasteiger partial charge in [0.25, 0.3) is 0 Å². The highest BCUT2D eigenvalue weighted by atomic mass is 16.2. The summed E-state index contributed by atoms with van der Waals surface area (Å²) in [5.74, 6) is 0. The minimum absolute atomic E-state index is 1.10. The van der Waals surface area contributed by atoms with Crippen molar-refractivity contribution in [3.63, 3.8) is 0 Å². The zero-order valence-electron chi connectivity index (χ0n) is 2.97. The van der Waals surface area contributed by atoms with Gasteiger partial charge in [0.2, 0.25) is 0 Å². The molecule has 26 valence electrons. The van der Waals surface area contributed by atoms with Gasteiger partial charge in [0.05, 0.1) is 0 Å². The molecule has 0 aromatic carbocycles. The standard InChI is InChI=1S/C2B2O2/c3-1(5)2(4)6. The molecule has 2 nitrogen and oxygen atoms in total. The van der Waals surface area contributed by atoms with Crippen LogP contribution in [0.2, 0.25) is 0 Å². The third kappa shape index (κ3) is 1.76. The maximum Gasteiger partial charge on any atom is 0.178 e. The summed E-state index contributed by atoms with van der Waals surface area (Å²) in [4.78, 5) is 18.9. The number of rotatable bonds is 1. The second-order valence-electron chi connectivity index (χ2n) is 0.729. The van der Waals surface area contributed by atoms with Crippen LogP contribution in [0.4, 0.5) is 0 Å². The molecular weight excluding hydrogens is 77.6 g/mol. The SMILES string of the molecule is [B]C(=O)C([B])=O. The van der Waals surface area contributed by atoms with Crippen LogP contribution in [0.3, 0.4) is 0 Å². The molecule has 0 aromatic heterocycles. The molecular formula is C2B2O2. The van der Waals surface area contributed by atoms with Gasteiger partial charge in [-0.3, -0.25) is 0 Å². The van der Waals surface area contributed by atoms with Gasteiger partial charge in [0.15, 0.2) is 15.7 Å². The van der Waals surface area contributed by atoms with E-state index in [0.717, 1.165) is 0 Å². The average Bonchev–Trinajstić information content (AvgIpc) is 1.36. The van der Waals surface area contributed by atoms with E-state index in [-0.39, 0.29) is 0 Å². The predicted octanol–water partition coefficient (Wildman–Crippen LogP) is -1.62. The van der Waals surface area contributed by atoms with Gasteiger partial charge in [-0.2, -0.15) is 0 Å². The molecule has 0 atom stereocenters. The maximum absolute atomic E-state index is 9.45. The average molecular weight is 77.6 g/mol. The Morgan fingerprint density at radius 1 is 1.00 bits per heavy atom. The van der Waals surface area contributed by atoms with Crippen molar-refractivity contribution >= 4 is 27.1 Å². The lowest BCUT2D eigenvalue weighted by molar-refractivity contribution is -0.127. The van der Waals surface area contributed by atoms with Crippen LogP contribution in [0.1, 0.15) is 0 Å². The van der Waals surface area contributed by atoms with Crippen molar-refractivity contribution in [3.05, 3.63) is 0 Å². The van der Waals surface area contributed by atoms with E-state index in [0.29, 0.717) is 0 Å². The summed E-state index contributed by atoms with van der Waals surface area (Å²) in [6, 6.07) is 0. The highest BCUT2D eigenvalue weighted by molar-refractivity contribution is 6.93. The topological polar surface area (TPSA) is 34.1 Å². The van der Waals surface area contributed by atoms with Gasteiger partial charge >= 0.3 is 0 Å². The molecule has 0 unspecified atom stereocenters. The van der Waals surface area contributed by atoms with Gasteiger partial charge < -0.3 is 9.59 Å². The van der Waals surface area contributed by atoms with Gasteiger partial charge in [-0.15, -0.1) is 0 Å². The molecule has 0 aromatic rings. The summed E-state index contributed by atoms with van der Waals surface area (Å²) in [6.07, 6.45) is 0. The zero-order chi connectivity index (χ0) is 5.15. The Morgan fingerprint density at radius 3 is 1.17 bits per heavy atom. The molecule has 4 heteroatoms. The molecule has 0 amide bonds. The molecule has 0 N–H and O–H groups in total. The highest BCUT2D eigenvalue weighted by Crippen LogP contribution is 1.54. The van der Waals surface area contributed by atoms with Crippen LogP contribution >= 0.6 is 0 Å². The van der Waals surface area contributed by atoms with E-state index in [1.165, 1.54) is 0 Å². The highest BCUT2D eigenvalue weighted by Gasteiger charge is 1.93. The van der Waals surface area contributed by atoms with Crippen LogP contribution < -0.4 is 0 Å². The molecule has 0 spiro atoms. The van der Waals surface area contributed by atoms with E-state index in [9.17, 15) is 9.59 Å². The van der Waals surface area contributed by atoms with E-state index >= 15 is 0 Å². The van der Waals surface area contributed by atoms with Crippen LogP contribution in [0.25, 0.3) is 0 Å². The Kier molecular flexibility index (Phi) is 1.64. The lowest BCUT2D eigenvalue weighted by Gasteiger charge is -1.74. The molecule has 0 aliphatic carbocycles. The number of carbonyl (C=O) groups is 2. The first-order chi connectivity index (χ1) is 2.64. The van der Waals surface area contributed by atoms with Gasteiger partial charge in [-0.1, -0.05) is 0 Å². The van der Waals surface area contributed by atoms with Crippen molar-refractivity contribution in [2.24, 2.45) is 0 Å². The Labute approximate surface area is 37.7 Å². The fourth-order valence-corrected chi connectivity index (χ4v) is 0. The van der Waals surface area contributed by atoms with Crippen molar-refractivity contribution in [2.45, 2.75) is 0 Å². The van der Waals surface area contributed by atoms with E-state index in [1.807, 2.05) is 0 Å². The normalized spacial score (nSPS) is 7.33. The summed E-state index contributed by atoms with van der Waals surface area (Å²) in [5.41, 5.74) is -2.20. The summed E-state index contributed by atoms with van der Waals surface area (Å²) < 4.78 is 0. The lowest BCUT2D eigenvalue weighted by atomic mass is 9.87. The van der Waals surface area contributed by atoms with Gasteiger partial charge in [-0.05, 0) is 0 Å². The second kappa shape index (κ2) is 1.80. The first-order valence-electron chi connectivity index (χ1n) is 1.24. The minimum atomic E-state index is -1.10. The molecule has 0 rings (SSSR count). The Hall–Kier alpha value is -0.530. The van der Waals surface area contributed by atoms with E-state index in [2.05, 4.69) is 15.7 Å². The molecule has 6 heavy (non-hydrogen) atoms. The fraction of sp³-hybridized carbons (Fsp3) is 0. The van der Waals surface area contributed by atoms with Crippen molar-refractivity contribution in [1.82, 2.24) is 0 Å². The first-order valence-corrected chi connectivity index (χ1v) is 1.24. The number of carbonyl (C=O) groups excluding carboxylic acids is 2. The molecule has 0 saturated heterocycles. The molecule has 0 bridgehead atoms. The Bertz CT molecular complexity index is 75.5. The lowest BCUT2D eigenvalue weighted by Crippen LogP contribution is -2.11. The third-order valence-electron chi connectivity index (χ3n) is 0.243. The smallest absolute Gasteiger partial charge is 0.178 e. The van der Waals surface area contributed by atoms with E-state index in [1.54, 1.807) is 0 Å². The first kappa shape index (κ1) is 5.47. The predicted molar refractivity (Wildman–Crippen MR) is 21.5 cm³/mol. The van der Waals surface area contributed by atoms with Gasteiger partial charge in [0, 0.05) is 0 Å². The molecule has 0 aliphatic heterocycles. The summed E-state index contributed by atoms with van der Waals surface area (Å²) in [6.45, 7) is 0. The fourth-order valence-electron chi connectivity index (χ4n) is 0. The molecule has 0 fully saturated rings. The van der Waals surface area contributed by atoms with Gasteiger partial charge in [-0.25, -0.2) is 0 Å². The summed E-state index contributed by atoms with van der Waals surface area (Å²) in [5, 5.41) is 0.